The van der Waals surface area contributed by atoms with Gasteiger partial charge in [-0.15, -0.1) is 0 Å². The second-order valence-corrected chi connectivity index (χ2v) is 6.29. The average Bonchev–Trinajstić information content (AvgIpc) is 3.11. The molecule has 1 N–H and O–H groups in total. The smallest absolute Gasteiger partial charge is 0.192 e. The Kier molecular flexibility index (Phi) is 2.62. The van der Waals surface area contributed by atoms with Crippen molar-refractivity contribution in [3.8, 4) is 0 Å². The van der Waals surface area contributed by atoms with E-state index in [1.165, 1.54) is 12.8 Å². The molecule has 1 aromatic carbocycles. The highest BCUT2D eigenvalue weighted by Crippen LogP contribution is 2.45. The number of aryl methyl sites for hydroxylation is 1. The van der Waals surface area contributed by atoms with Gasteiger partial charge in [-0.25, -0.2) is 4.98 Å². The molecule has 2 bridgehead atoms. The van der Waals surface area contributed by atoms with Gasteiger partial charge in [-0.05, 0) is 55.7 Å². The van der Waals surface area contributed by atoms with Gasteiger partial charge in [-0.2, -0.15) is 0 Å². The lowest BCUT2D eigenvalue weighted by molar-refractivity contribution is 0.400. The Morgan fingerprint density at radius 1 is 1.30 bits per heavy atom. The number of allylic oxidation sites excluding steroid dienone is 2. The summed E-state index contributed by atoms with van der Waals surface area (Å²) in [5, 5.41) is 3.65. The zero-order chi connectivity index (χ0) is 13.7. The van der Waals surface area contributed by atoms with Crippen molar-refractivity contribution in [3.63, 3.8) is 0 Å². The van der Waals surface area contributed by atoms with E-state index in [9.17, 15) is 0 Å². The first kappa shape index (κ1) is 12.0. The van der Waals surface area contributed by atoms with Crippen LogP contribution in [0.3, 0.4) is 0 Å². The topological polar surface area (TPSA) is 38.1 Å². The van der Waals surface area contributed by atoms with Crippen molar-refractivity contribution in [3.05, 3.63) is 36.2 Å². The van der Waals surface area contributed by atoms with Crippen molar-refractivity contribution in [2.75, 3.05) is 5.32 Å². The van der Waals surface area contributed by atoms with E-state index in [4.69, 9.17) is 4.42 Å². The van der Waals surface area contributed by atoms with Crippen LogP contribution >= 0.6 is 0 Å². The van der Waals surface area contributed by atoms with Crippen LogP contribution in [0.25, 0.3) is 11.1 Å². The third-order valence-corrected chi connectivity index (χ3v) is 4.86. The normalized spacial score (nSPS) is 29.2. The lowest BCUT2D eigenvalue weighted by Crippen LogP contribution is -2.28. The third-order valence-electron chi connectivity index (χ3n) is 4.86. The molecule has 4 unspecified atom stereocenters. The fourth-order valence-electron chi connectivity index (χ4n) is 3.90. The molecular formula is C17H20N2O. The van der Waals surface area contributed by atoms with E-state index in [0.717, 1.165) is 40.4 Å². The highest BCUT2D eigenvalue weighted by molar-refractivity contribution is 5.77. The molecule has 1 saturated carbocycles. The van der Waals surface area contributed by atoms with Crippen molar-refractivity contribution < 1.29 is 4.42 Å². The van der Waals surface area contributed by atoms with Gasteiger partial charge in [0, 0.05) is 18.7 Å². The summed E-state index contributed by atoms with van der Waals surface area (Å²) >= 11 is 0. The molecule has 4 atom stereocenters. The predicted molar refractivity (Wildman–Crippen MR) is 80.7 cm³/mol. The summed E-state index contributed by atoms with van der Waals surface area (Å²) in [6, 6.07) is 6.68. The summed E-state index contributed by atoms with van der Waals surface area (Å²) in [7, 11) is 0. The van der Waals surface area contributed by atoms with Gasteiger partial charge < -0.3 is 9.73 Å². The lowest BCUT2D eigenvalue weighted by atomic mass is 9.87. The first-order valence-corrected chi connectivity index (χ1v) is 7.51. The zero-order valence-electron chi connectivity index (χ0n) is 12.0. The maximum Gasteiger partial charge on any atom is 0.192 e. The van der Waals surface area contributed by atoms with Crippen molar-refractivity contribution >= 4 is 16.8 Å². The van der Waals surface area contributed by atoms with Crippen LogP contribution in [0.2, 0.25) is 0 Å². The van der Waals surface area contributed by atoms with Crippen LogP contribution in [0.15, 0.2) is 34.8 Å². The lowest BCUT2D eigenvalue weighted by Gasteiger charge is -2.27. The van der Waals surface area contributed by atoms with Crippen LogP contribution in [-0.2, 0) is 0 Å². The van der Waals surface area contributed by atoms with Gasteiger partial charge in [0.2, 0.25) is 0 Å². The standard InChI is InChI=1S/C17H20N2O/c1-10(15-8-12-3-4-13(15)7-12)18-14-5-6-17-16(9-14)19-11(2)20-17/h3-6,9-10,12-13,15,18H,7-8H2,1-2H3. The molecule has 1 aromatic heterocycles. The molecule has 1 fully saturated rings. The highest BCUT2D eigenvalue weighted by atomic mass is 16.3. The monoisotopic (exact) mass is 268 g/mol. The van der Waals surface area contributed by atoms with Crippen LogP contribution in [0.1, 0.15) is 25.7 Å². The van der Waals surface area contributed by atoms with Crippen molar-refractivity contribution in [1.82, 2.24) is 4.98 Å². The van der Waals surface area contributed by atoms with E-state index in [2.05, 4.69) is 41.5 Å². The minimum Gasteiger partial charge on any atom is -0.441 e. The summed E-state index contributed by atoms with van der Waals surface area (Å²) < 4.78 is 5.52. The Labute approximate surface area is 119 Å². The summed E-state index contributed by atoms with van der Waals surface area (Å²) in [5.41, 5.74) is 2.95. The molecule has 1 heterocycles. The van der Waals surface area contributed by atoms with Crippen LogP contribution in [-0.4, -0.2) is 11.0 Å². The van der Waals surface area contributed by atoms with Crippen molar-refractivity contribution in [2.24, 2.45) is 17.8 Å². The van der Waals surface area contributed by atoms with Gasteiger partial charge in [0.05, 0.1) is 0 Å². The molecule has 3 heteroatoms. The first-order chi connectivity index (χ1) is 9.69. The van der Waals surface area contributed by atoms with Crippen LogP contribution in [0.4, 0.5) is 5.69 Å². The quantitative estimate of drug-likeness (QED) is 0.850. The van der Waals surface area contributed by atoms with E-state index >= 15 is 0 Å². The van der Waals surface area contributed by atoms with Crippen LogP contribution < -0.4 is 5.32 Å². The largest absolute Gasteiger partial charge is 0.441 e. The molecule has 104 valence electrons. The minimum atomic E-state index is 0.500. The number of nitrogens with zero attached hydrogens (tertiary/aromatic N) is 1. The summed E-state index contributed by atoms with van der Waals surface area (Å²) in [6.45, 7) is 4.19. The average molecular weight is 268 g/mol. The SMILES string of the molecule is Cc1nc2cc(NC(C)C3CC4C=CC3C4)ccc2o1. The van der Waals surface area contributed by atoms with Crippen LogP contribution in [0, 0.1) is 24.7 Å². The van der Waals surface area contributed by atoms with E-state index in [0.29, 0.717) is 6.04 Å². The number of rotatable bonds is 3. The summed E-state index contributed by atoms with van der Waals surface area (Å²) in [6.07, 6.45) is 7.51. The molecule has 0 aliphatic heterocycles. The van der Waals surface area contributed by atoms with Gasteiger partial charge in [0.15, 0.2) is 11.5 Å². The molecule has 2 aliphatic rings. The summed E-state index contributed by atoms with van der Waals surface area (Å²) in [4.78, 5) is 4.40. The molecule has 4 rings (SSSR count). The molecule has 20 heavy (non-hydrogen) atoms. The van der Waals surface area contributed by atoms with Crippen LogP contribution in [0.5, 0.6) is 0 Å². The Morgan fingerprint density at radius 2 is 2.20 bits per heavy atom. The zero-order valence-corrected chi connectivity index (χ0v) is 12.0. The maximum atomic E-state index is 5.52. The number of nitrogens with one attached hydrogen (secondary N) is 1. The number of hydrogen-bond donors (Lipinski definition) is 1. The minimum absolute atomic E-state index is 0.500. The number of hydrogen-bond acceptors (Lipinski definition) is 3. The van der Waals surface area contributed by atoms with Crippen molar-refractivity contribution in [2.45, 2.75) is 32.7 Å². The van der Waals surface area contributed by atoms with E-state index in [-0.39, 0.29) is 0 Å². The Bertz CT molecular complexity index is 673. The molecular weight excluding hydrogens is 248 g/mol. The number of oxazole rings is 1. The second kappa shape index (κ2) is 4.37. The first-order valence-electron chi connectivity index (χ1n) is 7.51. The number of aromatic nitrogens is 1. The second-order valence-electron chi connectivity index (χ2n) is 6.29. The molecule has 0 spiro atoms. The molecule has 0 radical (unpaired) electrons. The van der Waals surface area contributed by atoms with Gasteiger partial charge in [-0.3, -0.25) is 0 Å². The summed E-state index contributed by atoms with van der Waals surface area (Å²) in [5.74, 6) is 3.10. The van der Waals surface area contributed by atoms with E-state index < -0.39 is 0 Å². The molecule has 2 aliphatic carbocycles. The Morgan fingerprint density at radius 3 is 2.95 bits per heavy atom. The number of benzene rings is 1. The number of anilines is 1. The molecule has 0 saturated heterocycles. The van der Waals surface area contributed by atoms with E-state index in [1.807, 2.05) is 13.0 Å². The Hall–Kier alpha value is -1.77. The fourth-order valence-corrected chi connectivity index (χ4v) is 3.90. The fraction of sp³-hybridized carbons (Fsp3) is 0.471. The molecule has 3 nitrogen and oxygen atoms in total. The molecule has 2 aromatic rings. The maximum absolute atomic E-state index is 5.52. The third kappa shape index (κ3) is 1.92. The van der Waals surface area contributed by atoms with E-state index in [1.54, 1.807) is 0 Å². The van der Waals surface area contributed by atoms with Gasteiger partial charge in [0.25, 0.3) is 0 Å². The van der Waals surface area contributed by atoms with Crippen molar-refractivity contribution in [1.29, 1.82) is 0 Å². The highest BCUT2D eigenvalue weighted by Gasteiger charge is 2.38. The van der Waals surface area contributed by atoms with Gasteiger partial charge in [-0.1, -0.05) is 12.2 Å². The molecule has 0 amide bonds. The van der Waals surface area contributed by atoms with Gasteiger partial charge in [0.1, 0.15) is 5.52 Å². The predicted octanol–water partition coefficient (Wildman–Crippen LogP) is 4.15. The number of fused-ring (bicyclic) bond motifs is 3. The van der Waals surface area contributed by atoms with Gasteiger partial charge >= 0.3 is 0 Å². The Balaban J connectivity index is 1.53.